The summed E-state index contributed by atoms with van der Waals surface area (Å²) < 4.78 is 1.82. The molecule has 2 aromatic rings. The van der Waals surface area contributed by atoms with E-state index in [-0.39, 0.29) is 0 Å². The van der Waals surface area contributed by atoms with E-state index in [0.717, 1.165) is 22.8 Å². The quantitative estimate of drug-likeness (QED) is 0.906. The molecule has 92 valence electrons. The van der Waals surface area contributed by atoms with Crippen molar-refractivity contribution in [2.45, 2.75) is 39.8 Å². The SMILES string of the molecule is CCn1cc(C(O)Cc2nc(C)c(C)s2)cn1. The van der Waals surface area contributed by atoms with Crippen LogP contribution < -0.4 is 0 Å². The van der Waals surface area contributed by atoms with Crippen molar-refractivity contribution >= 4 is 11.3 Å². The van der Waals surface area contributed by atoms with Gasteiger partial charge in [0.15, 0.2) is 0 Å². The van der Waals surface area contributed by atoms with Gasteiger partial charge in [-0.15, -0.1) is 11.3 Å². The van der Waals surface area contributed by atoms with Gasteiger partial charge in [0.2, 0.25) is 0 Å². The average molecular weight is 251 g/mol. The molecule has 0 aliphatic rings. The van der Waals surface area contributed by atoms with Gasteiger partial charge in [-0.05, 0) is 20.8 Å². The van der Waals surface area contributed by atoms with Gasteiger partial charge in [-0.1, -0.05) is 0 Å². The standard InChI is InChI=1S/C12H17N3OS/c1-4-15-7-10(6-13-15)11(16)5-12-14-8(2)9(3)17-12/h6-7,11,16H,4-5H2,1-3H3. The van der Waals surface area contributed by atoms with Crippen molar-refractivity contribution in [1.29, 1.82) is 0 Å². The maximum Gasteiger partial charge on any atom is 0.0960 e. The molecule has 0 saturated heterocycles. The summed E-state index contributed by atoms with van der Waals surface area (Å²) in [4.78, 5) is 5.65. The molecular weight excluding hydrogens is 234 g/mol. The monoisotopic (exact) mass is 251 g/mol. The van der Waals surface area contributed by atoms with Crippen LogP contribution in [0.25, 0.3) is 0 Å². The molecule has 0 spiro atoms. The van der Waals surface area contributed by atoms with Crippen molar-refractivity contribution in [3.8, 4) is 0 Å². The minimum Gasteiger partial charge on any atom is -0.388 e. The van der Waals surface area contributed by atoms with E-state index < -0.39 is 6.10 Å². The van der Waals surface area contributed by atoms with Crippen molar-refractivity contribution in [3.05, 3.63) is 33.5 Å². The molecule has 17 heavy (non-hydrogen) atoms. The Morgan fingerprint density at radius 3 is 2.76 bits per heavy atom. The second kappa shape index (κ2) is 4.98. The first-order valence-corrected chi connectivity index (χ1v) is 6.55. The van der Waals surface area contributed by atoms with Gasteiger partial charge in [-0.2, -0.15) is 5.10 Å². The van der Waals surface area contributed by atoms with Gasteiger partial charge in [-0.25, -0.2) is 4.98 Å². The van der Waals surface area contributed by atoms with Crippen LogP contribution in [0, 0.1) is 13.8 Å². The van der Waals surface area contributed by atoms with Crippen LogP contribution in [0.4, 0.5) is 0 Å². The highest BCUT2D eigenvalue weighted by Crippen LogP contribution is 2.23. The van der Waals surface area contributed by atoms with E-state index in [1.807, 2.05) is 24.7 Å². The van der Waals surface area contributed by atoms with Gasteiger partial charge >= 0.3 is 0 Å². The molecule has 1 unspecified atom stereocenters. The number of rotatable bonds is 4. The first kappa shape index (κ1) is 12.3. The second-order valence-electron chi connectivity index (χ2n) is 4.10. The topological polar surface area (TPSA) is 50.9 Å². The summed E-state index contributed by atoms with van der Waals surface area (Å²) in [5.74, 6) is 0. The lowest BCUT2D eigenvalue weighted by molar-refractivity contribution is 0.178. The van der Waals surface area contributed by atoms with Crippen LogP contribution in [0.2, 0.25) is 0 Å². The molecule has 2 rings (SSSR count). The van der Waals surface area contributed by atoms with Gasteiger partial charge in [0.1, 0.15) is 0 Å². The first-order valence-electron chi connectivity index (χ1n) is 5.73. The van der Waals surface area contributed by atoms with E-state index in [1.165, 1.54) is 4.88 Å². The van der Waals surface area contributed by atoms with Crippen molar-refractivity contribution in [1.82, 2.24) is 14.8 Å². The molecule has 2 heterocycles. The fraction of sp³-hybridized carbons (Fsp3) is 0.500. The summed E-state index contributed by atoms with van der Waals surface area (Å²) >= 11 is 1.65. The molecule has 0 bridgehead atoms. The Kier molecular flexibility index (Phi) is 3.59. The van der Waals surface area contributed by atoms with Crippen molar-refractivity contribution in [2.75, 3.05) is 0 Å². The van der Waals surface area contributed by atoms with Gasteiger partial charge in [-0.3, -0.25) is 4.68 Å². The second-order valence-corrected chi connectivity index (χ2v) is 5.39. The molecule has 0 amide bonds. The maximum absolute atomic E-state index is 10.1. The highest BCUT2D eigenvalue weighted by Gasteiger charge is 2.13. The van der Waals surface area contributed by atoms with E-state index in [2.05, 4.69) is 17.0 Å². The molecule has 0 saturated carbocycles. The summed E-state index contributed by atoms with van der Waals surface area (Å²) in [6, 6.07) is 0. The normalized spacial score (nSPS) is 12.9. The number of aliphatic hydroxyl groups is 1. The number of hydrogen-bond acceptors (Lipinski definition) is 4. The lowest BCUT2D eigenvalue weighted by Gasteiger charge is -2.05. The van der Waals surface area contributed by atoms with Crippen molar-refractivity contribution < 1.29 is 5.11 Å². The Bertz CT molecular complexity index is 484. The Morgan fingerprint density at radius 2 is 2.24 bits per heavy atom. The number of nitrogens with zero attached hydrogens (tertiary/aromatic N) is 3. The largest absolute Gasteiger partial charge is 0.388 e. The fourth-order valence-corrected chi connectivity index (χ4v) is 2.60. The fourth-order valence-electron chi connectivity index (χ4n) is 1.63. The highest BCUT2D eigenvalue weighted by atomic mass is 32.1. The minimum absolute atomic E-state index is 0.514. The molecular formula is C12H17N3OS. The predicted molar refractivity (Wildman–Crippen MR) is 68.2 cm³/mol. The Hall–Kier alpha value is -1.20. The molecule has 2 aromatic heterocycles. The number of aliphatic hydroxyl groups excluding tert-OH is 1. The third-order valence-electron chi connectivity index (χ3n) is 2.80. The Labute approximate surface area is 105 Å². The molecule has 0 aliphatic carbocycles. The zero-order chi connectivity index (χ0) is 12.4. The molecule has 0 aromatic carbocycles. The number of hydrogen-bond donors (Lipinski definition) is 1. The van der Waals surface area contributed by atoms with Crippen molar-refractivity contribution in [2.24, 2.45) is 0 Å². The Balaban J connectivity index is 2.08. The van der Waals surface area contributed by atoms with E-state index in [1.54, 1.807) is 17.5 Å². The third kappa shape index (κ3) is 2.73. The predicted octanol–water partition coefficient (Wildman–Crippen LogP) is 2.25. The molecule has 1 atom stereocenters. The lowest BCUT2D eigenvalue weighted by atomic mass is 10.1. The summed E-state index contributed by atoms with van der Waals surface area (Å²) in [7, 11) is 0. The maximum atomic E-state index is 10.1. The van der Waals surface area contributed by atoms with Crippen LogP contribution in [-0.4, -0.2) is 19.9 Å². The van der Waals surface area contributed by atoms with Crippen LogP contribution in [0.3, 0.4) is 0 Å². The molecule has 5 heteroatoms. The van der Waals surface area contributed by atoms with E-state index in [0.29, 0.717) is 6.42 Å². The van der Waals surface area contributed by atoms with Crippen LogP contribution >= 0.6 is 11.3 Å². The lowest BCUT2D eigenvalue weighted by Crippen LogP contribution is -2.00. The summed E-state index contributed by atoms with van der Waals surface area (Å²) in [5.41, 5.74) is 1.92. The van der Waals surface area contributed by atoms with E-state index >= 15 is 0 Å². The van der Waals surface area contributed by atoms with Gasteiger partial charge in [0.25, 0.3) is 0 Å². The summed E-state index contributed by atoms with van der Waals surface area (Å²) in [6.45, 7) is 6.90. The molecule has 0 aliphatic heterocycles. The van der Waals surface area contributed by atoms with Crippen molar-refractivity contribution in [3.63, 3.8) is 0 Å². The number of thiazole rings is 1. The molecule has 0 radical (unpaired) electrons. The average Bonchev–Trinajstić information content (AvgIpc) is 2.87. The van der Waals surface area contributed by atoms with Crippen LogP contribution in [0.15, 0.2) is 12.4 Å². The number of aryl methyl sites for hydroxylation is 3. The summed E-state index contributed by atoms with van der Waals surface area (Å²) in [6.07, 6.45) is 3.66. The van der Waals surface area contributed by atoms with E-state index in [9.17, 15) is 5.11 Å². The smallest absolute Gasteiger partial charge is 0.0960 e. The third-order valence-corrected chi connectivity index (χ3v) is 3.90. The summed E-state index contributed by atoms with van der Waals surface area (Å²) in [5, 5.41) is 15.2. The van der Waals surface area contributed by atoms with Gasteiger partial charge < -0.3 is 5.11 Å². The zero-order valence-electron chi connectivity index (χ0n) is 10.3. The minimum atomic E-state index is -0.514. The van der Waals surface area contributed by atoms with Crippen LogP contribution in [0.5, 0.6) is 0 Å². The highest BCUT2D eigenvalue weighted by molar-refractivity contribution is 7.11. The van der Waals surface area contributed by atoms with Gasteiger partial charge in [0, 0.05) is 29.6 Å². The number of aromatic nitrogens is 3. The van der Waals surface area contributed by atoms with Gasteiger partial charge in [0.05, 0.1) is 23.0 Å². The van der Waals surface area contributed by atoms with Crippen LogP contribution in [-0.2, 0) is 13.0 Å². The first-order chi connectivity index (χ1) is 8.10. The molecule has 0 fully saturated rings. The molecule has 4 nitrogen and oxygen atoms in total. The molecule has 1 N–H and O–H groups in total. The Morgan fingerprint density at radius 1 is 1.47 bits per heavy atom. The zero-order valence-corrected chi connectivity index (χ0v) is 11.2. The van der Waals surface area contributed by atoms with E-state index in [4.69, 9.17) is 0 Å². The van der Waals surface area contributed by atoms with Crippen LogP contribution in [0.1, 0.15) is 34.2 Å².